The fourth-order valence-electron chi connectivity index (χ4n) is 2.18. The highest BCUT2D eigenvalue weighted by molar-refractivity contribution is 5.83. The fourth-order valence-corrected chi connectivity index (χ4v) is 2.18. The summed E-state index contributed by atoms with van der Waals surface area (Å²) in [5.41, 5.74) is 7.61. The highest BCUT2D eigenvalue weighted by atomic mass is 16.5. The van der Waals surface area contributed by atoms with Gasteiger partial charge in [0.1, 0.15) is 0 Å². The Labute approximate surface area is 133 Å². The van der Waals surface area contributed by atoms with Crippen LogP contribution in [0.25, 0.3) is 11.2 Å². The van der Waals surface area contributed by atoms with Crippen LogP contribution in [0, 0.1) is 0 Å². The van der Waals surface area contributed by atoms with Crippen LogP contribution >= 0.6 is 0 Å². The molecule has 0 amide bonds. The molecular weight excluding hydrogens is 296 g/mol. The standard InChI is InChI=1S/C15H18N6O2/c1-2-3-7-23-14-19-12(16)11-13(20-14)21(15(22)18-11)9-10-5-4-6-17-8-10/h4-6,8H,2-3,7,9H2,1H3,(H,18,22)(H2,16,19,20). The second-order valence-corrected chi connectivity index (χ2v) is 5.12. The Morgan fingerprint density at radius 1 is 1.30 bits per heavy atom. The van der Waals surface area contributed by atoms with Gasteiger partial charge in [0.15, 0.2) is 17.0 Å². The molecule has 0 aliphatic rings. The number of fused-ring (bicyclic) bond motifs is 1. The molecule has 0 spiro atoms. The Morgan fingerprint density at radius 3 is 2.91 bits per heavy atom. The Morgan fingerprint density at radius 2 is 2.17 bits per heavy atom. The minimum Gasteiger partial charge on any atom is -0.480 e. The number of ether oxygens (including phenoxy) is 1. The Balaban J connectivity index is 1.98. The first-order chi connectivity index (χ1) is 11.2. The smallest absolute Gasteiger partial charge is 0.320 e. The third-order valence-corrected chi connectivity index (χ3v) is 3.37. The summed E-state index contributed by atoms with van der Waals surface area (Å²) in [6.45, 7) is 2.97. The van der Waals surface area contributed by atoms with Gasteiger partial charge in [0, 0.05) is 12.4 Å². The van der Waals surface area contributed by atoms with E-state index in [4.69, 9.17) is 10.5 Å². The average molecular weight is 314 g/mol. The van der Waals surface area contributed by atoms with E-state index in [-0.39, 0.29) is 17.8 Å². The number of imidazole rings is 1. The Kier molecular flexibility index (Phi) is 4.22. The van der Waals surface area contributed by atoms with Crippen LogP contribution in [-0.4, -0.2) is 36.2 Å². The van der Waals surface area contributed by atoms with E-state index in [1.54, 1.807) is 17.0 Å². The lowest BCUT2D eigenvalue weighted by atomic mass is 10.3. The summed E-state index contributed by atoms with van der Waals surface area (Å²) in [7, 11) is 0. The predicted octanol–water partition coefficient (Wildman–Crippen LogP) is 1.74. The maximum absolute atomic E-state index is 10.1. The lowest BCUT2D eigenvalue weighted by Crippen LogP contribution is -2.06. The molecule has 0 bridgehead atoms. The molecule has 3 N–H and O–H groups in total. The van der Waals surface area contributed by atoms with Gasteiger partial charge in [0.05, 0.1) is 13.2 Å². The largest absolute Gasteiger partial charge is 0.480 e. The van der Waals surface area contributed by atoms with Crippen LogP contribution < -0.4 is 10.5 Å². The molecule has 0 radical (unpaired) electrons. The average Bonchev–Trinajstić information content (AvgIpc) is 2.86. The fraction of sp³-hybridized carbons (Fsp3) is 0.333. The van der Waals surface area contributed by atoms with Gasteiger partial charge >= 0.3 is 6.01 Å². The van der Waals surface area contributed by atoms with E-state index < -0.39 is 0 Å². The lowest BCUT2D eigenvalue weighted by Gasteiger charge is -2.07. The normalized spacial score (nSPS) is 11.0. The number of aromatic hydroxyl groups is 1. The summed E-state index contributed by atoms with van der Waals surface area (Å²) in [4.78, 5) is 16.5. The van der Waals surface area contributed by atoms with E-state index in [0.717, 1.165) is 18.4 Å². The molecule has 0 saturated heterocycles. The van der Waals surface area contributed by atoms with Gasteiger partial charge in [0.2, 0.25) is 0 Å². The van der Waals surface area contributed by atoms with Gasteiger partial charge in [-0.15, -0.1) is 0 Å². The van der Waals surface area contributed by atoms with Crippen molar-refractivity contribution in [2.45, 2.75) is 26.3 Å². The van der Waals surface area contributed by atoms with E-state index in [0.29, 0.717) is 24.3 Å². The van der Waals surface area contributed by atoms with E-state index in [9.17, 15) is 5.11 Å². The SMILES string of the molecule is CCCCOc1nc(N)c2nc(O)n(Cc3cccnc3)c2n1. The topological polar surface area (TPSA) is 112 Å². The van der Waals surface area contributed by atoms with Crippen molar-refractivity contribution in [3.05, 3.63) is 30.1 Å². The first-order valence-electron chi connectivity index (χ1n) is 7.43. The van der Waals surface area contributed by atoms with Crippen molar-refractivity contribution in [3.8, 4) is 12.0 Å². The van der Waals surface area contributed by atoms with Crippen molar-refractivity contribution in [1.82, 2.24) is 24.5 Å². The monoisotopic (exact) mass is 314 g/mol. The number of nitrogen functional groups attached to an aromatic ring is 1. The van der Waals surface area contributed by atoms with Gasteiger partial charge in [-0.3, -0.25) is 9.55 Å². The van der Waals surface area contributed by atoms with Crippen LogP contribution in [0.4, 0.5) is 5.82 Å². The van der Waals surface area contributed by atoms with Crippen LogP contribution in [0.2, 0.25) is 0 Å². The van der Waals surface area contributed by atoms with Crippen molar-refractivity contribution in [3.63, 3.8) is 0 Å². The molecule has 120 valence electrons. The summed E-state index contributed by atoms with van der Waals surface area (Å²) in [6, 6.07) is 3.75. The van der Waals surface area contributed by atoms with Crippen LogP contribution in [0.15, 0.2) is 24.5 Å². The molecule has 3 aromatic rings. The van der Waals surface area contributed by atoms with E-state index in [2.05, 4.69) is 26.9 Å². The minimum atomic E-state index is -0.171. The summed E-state index contributed by atoms with van der Waals surface area (Å²) < 4.78 is 7.07. The Bertz CT molecular complexity index is 803. The summed E-state index contributed by atoms with van der Waals surface area (Å²) in [6.07, 6.45) is 5.32. The molecule has 0 aliphatic carbocycles. The van der Waals surface area contributed by atoms with E-state index in [1.165, 1.54) is 0 Å². The molecule has 23 heavy (non-hydrogen) atoms. The number of unbranched alkanes of at least 4 members (excludes halogenated alkanes) is 1. The number of nitrogens with zero attached hydrogens (tertiary/aromatic N) is 5. The van der Waals surface area contributed by atoms with E-state index >= 15 is 0 Å². The lowest BCUT2D eigenvalue weighted by molar-refractivity contribution is 0.286. The zero-order valence-corrected chi connectivity index (χ0v) is 12.8. The molecule has 8 heteroatoms. The van der Waals surface area contributed by atoms with Gasteiger partial charge in [-0.2, -0.15) is 15.0 Å². The quantitative estimate of drug-likeness (QED) is 0.666. The van der Waals surface area contributed by atoms with Crippen LogP contribution in [0.5, 0.6) is 12.0 Å². The first-order valence-corrected chi connectivity index (χ1v) is 7.43. The molecule has 0 unspecified atom stereocenters. The molecule has 0 atom stereocenters. The van der Waals surface area contributed by atoms with Gasteiger partial charge in [-0.05, 0) is 18.1 Å². The third kappa shape index (κ3) is 3.15. The zero-order valence-electron chi connectivity index (χ0n) is 12.8. The minimum absolute atomic E-state index is 0.171. The van der Waals surface area contributed by atoms with Crippen LogP contribution in [-0.2, 0) is 6.54 Å². The number of anilines is 1. The number of nitrogens with two attached hydrogens (primary N) is 1. The molecule has 3 rings (SSSR count). The van der Waals surface area contributed by atoms with Crippen LogP contribution in [0.1, 0.15) is 25.3 Å². The molecule has 0 fully saturated rings. The molecule has 3 heterocycles. The highest BCUT2D eigenvalue weighted by Gasteiger charge is 2.17. The zero-order chi connectivity index (χ0) is 16.2. The molecule has 3 aromatic heterocycles. The maximum Gasteiger partial charge on any atom is 0.320 e. The summed E-state index contributed by atoms with van der Waals surface area (Å²) >= 11 is 0. The number of aromatic nitrogens is 5. The van der Waals surface area contributed by atoms with Crippen molar-refractivity contribution in [2.24, 2.45) is 0 Å². The van der Waals surface area contributed by atoms with E-state index in [1.807, 2.05) is 12.1 Å². The number of rotatable bonds is 6. The highest BCUT2D eigenvalue weighted by Crippen LogP contribution is 2.25. The van der Waals surface area contributed by atoms with Gasteiger partial charge in [-0.25, -0.2) is 0 Å². The van der Waals surface area contributed by atoms with Gasteiger partial charge in [0.25, 0.3) is 6.01 Å². The molecular formula is C15H18N6O2. The third-order valence-electron chi connectivity index (χ3n) is 3.37. The molecule has 0 saturated carbocycles. The van der Waals surface area contributed by atoms with Gasteiger partial charge < -0.3 is 15.6 Å². The molecule has 0 aliphatic heterocycles. The van der Waals surface area contributed by atoms with Crippen LogP contribution in [0.3, 0.4) is 0 Å². The van der Waals surface area contributed by atoms with Crippen molar-refractivity contribution in [2.75, 3.05) is 12.3 Å². The summed E-state index contributed by atoms with van der Waals surface area (Å²) in [5.74, 6) is 0.182. The van der Waals surface area contributed by atoms with Crippen molar-refractivity contribution >= 4 is 17.0 Å². The first kappa shape index (κ1) is 15.0. The Hall–Kier alpha value is -2.90. The van der Waals surface area contributed by atoms with Crippen molar-refractivity contribution in [1.29, 1.82) is 0 Å². The predicted molar refractivity (Wildman–Crippen MR) is 85.1 cm³/mol. The summed E-state index contributed by atoms with van der Waals surface area (Å²) in [5, 5.41) is 10.1. The number of pyridine rings is 1. The second kappa shape index (κ2) is 6.47. The number of hydrogen-bond acceptors (Lipinski definition) is 7. The number of hydrogen-bond donors (Lipinski definition) is 2. The van der Waals surface area contributed by atoms with Gasteiger partial charge in [-0.1, -0.05) is 19.4 Å². The maximum atomic E-state index is 10.1. The second-order valence-electron chi connectivity index (χ2n) is 5.12. The molecule has 0 aromatic carbocycles. The molecule has 8 nitrogen and oxygen atoms in total. The van der Waals surface area contributed by atoms with Crippen molar-refractivity contribution < 1.29 is 9.84 Å².